The summed E-state index contributed by atoms with van der Waals surface area (Å²) < 4.78 is 5.30. The zero-order valence-electron chi connectivity index (χ0n) is 9.88. The average molecular weight is 251 g/mol. The molecule has 1 heterocycles. The summed E-state index contributed by atoms with van der Waals surface area (Å²) in [5.74, 6) is 0.760. The largest absolute Gasteiger partial charge is 0.495 e. The molecule has 2 N–H and O–H groups in total. The van der Waals surface area contributed by atoms with Gasteiger partial charge in [-0.05, 0) is 30.2 Å². The maximum Gasteiger partial charge on any atom is 0.143 e. The van der Waals surface area contributed by atoms with E-state index in [0.717, 1.165) is 23.5 Å². The lowest BCUT2D eigenvalue weighted by Gasteiger charge is -2.12. The highest BCUT2D eigenvalue weighted by molar-refractivity contribution is 6.31. The van der Waals surface area contributed by atoms with Crippen molar-refractivity contribution in [1.29, 1.82) is 0 Å². The highest BCUT2D eigenvalue weighted by atomic mass is 35.5. The second kappa shape index (κ2) is 5.15. The van der Waals surface area contributed by atoms with E-state index in [0.29, 0.717) is 5.02 Å². The van der Waals surface area contributed by atoms with Crippen LogP contribution < -0.4 is 10.1 Å². The third kappa shape index (κ3) is 2.74. The van der Waals surface area contributed by atoms with E-state index in [1.54, 1.807) is 7.11 Å². The van der Waals surface area contributed by atoms with E-state index in [-0.39, 0.29) is 0 Å². The molecule has 0 spiro atoms. The Balaban J connectivity index is 2.17. The van der Waals surface area contributed by atoms with Crippen LogP contribution in [0.1, 0.15) is 11.1 Å². The van der Waals surface area contributed by atoms with Crippen LogP contribution in [-0.4, -0.2) is 12.1 Å². The molecular weight excluding hydrogens is 236 g/mol. The fourth-order valence-corrected chi connectivity index (χ4v) is 1.79. The second-order valence-corrected chi connectivity index (χ2v) is 4.28. The zero-order valence-corrected chi connectivity index (χ0v) is 10.6. The molecule has 2 rings (SSSR count). The second-order valence-electron chi connectivity index (χ2n) is 3.87. The van der Waals surface area contributed by atoms with Crippen LogP contribution >= 0.6 is 11.6 Å². The third-order valence-electron chi connectivity index (χ3n) is 2.63. The van der Waals surface area contributed by atoms with Crippen LogP contribution in [0.5, 0.6) is 5.75 Å². The van der Waals surface area contributed by atoms with Gasteiger partial charge in [0.05, 0.1) is 12.8 Å². The van der Waals surface area contributed by atoms with Crippen molar-refractivity contribution in [2.24, 2.45) is 0 Å². The molecule has 1 aromatic heterocycles. The first-order valence-electron chi connectivity index (χ1n) is 5.40. The Kier molecular flexibility index (Phi) is 3.59. The molecule has 0 saturated carbocycles. The minimum absolute atomic E-state index is 0.717. The van der Waals surface area contributed by atoms with Gasteiger partial charge in [-0.2, -0.15) is 0 Å². The topological polar surface area (TPSA) is 37.0 Å². The van der Waals surface area contributed by atoms with Gasteiger partial charge < -0.3 is 15.0 Å². The van der Waals surface area contributed by atoms with Crippen molar-refractivity contribution >= 4 is 17.3 Å². The maximum absolute atomic E-state index is 6.05. The summed E-state index contributed by atoms with van der Waals surface area (Å²) in [6.07, 6.45) is 3.86. The molecule has 0 amide bonds. The lowest BCUT2D eigenvalue weighted by atomic mass is 10.2. The molecule has 1 aromatic carbocycles. The van der Waals surface area contributed by atoms with Crippen LogP contribution in [0.15, 0.2) is 30.6 Å². The number of rotatable bonds is 4. The van der Waals surface area contributed by atoms with Gasteiger partial charge in [0, 0.05) is 30.0 Å². The first-order valence-corrected chi connectivity index (χ1v) is 5.78. The smallest absolute Gasteiger partial charge is 0.143 e. The molecule has 0 aliphatic heterocycles. The number of methoxy groups -OCH3 is 1. The molecule has 4 heteroatoms. The summed E-state index contributed by atoms with van der Waals surface area (Å²) in [4.78, 5) is 3.02. The molecule has 0 saturated heterocycles. The Morgan fingerprint density at radius 2 is 2.24 bits per heavy atom. The van der Waals surface area contributed by atoms with Crippen LogP contribution in [0.25, 0.3) is 0 Å². The summed E-state index contributed by atoms with van der Waals surface area (Å²) in [6, 6.07) is 5.85. The van der Waals surface area contributed by atoms with Crippen LogP contribution in [0.3, 0.4) is 0 Å². The first kappa shape index (κ1) is 11.9. The van der Waals surface area contributed by atoms with Gasteiger partial charge in [-0.25, -0.2) is 0 Å². The Hall–Kier alpha value is -1.61. The summed E-state index contributed by atoms with van der Waals surface area (Å²) in [5.41, 5.74) is 3.18. The van der Waals surface area contributed by atoms with Crippen LogP contribution in [-0.2, 0) is 6.54 Å². The third-order valence-corrected chi connectivity index (χ3v) is 3.03. The molecule has 0 fully saturated rings. The van der Waals surface area contributed by atoms with Crippen molar-refractivity contribution in [1.82, 2.24) is 4.98 Å². The maximum atomic E-state index is 6.05. The van der Waals surface area contributed by atoms with E-state index in [2.05, 4.69) is 10.3 Å². The number of benzene rings is 1. The molecule has 0 radical (unpaired) electrons. The summed E-state index contributed by atoms with van der Waals surface area (Å²) >= 11 is 6.05. The minimum atomic E-state index is 0.717. The molecule has 0 aliphatic carbocycles. The summed E-state index contributed by atoms with van der Waals surface area (Å²) in [5, 5.41) is 4.05. The summed E-state index contributed by atoms with van der Waals surface area (Å²) in [7, 11) is 1.64. The molecule has 2 aromatic rings. The van der Waals surface area contributed by atoms with E-state index in [1.165, 1.54) is 5.56 Å². The number of aromatic nitrogens is 1. The molecule has 0 aliphatic rings. The van der Waals surface area contributed by atoms with Gasteiger partial charge in [0.15, 0.2) is 0 Å². The predicted octanol–water partition coefficient (Wildman–Crippen LogP) is 3.60. The Morgan fingerprint density at radius 3 is 2.88 bits per heavy atom. The van der Waals surface area contributed by atoms with Crippen molar-refractivity contribution < 1.29 is 4.74 Å². The van der Waals surface area contributed by atoms with Gasteiger partial charge in [-0.3, -0.25) is 0 Å². The molecule has 0 atom stereocenters. The van der Waals surface area contributed by atoms with Crippen molar-refractivity contribution in [3.05, 3.63) is 46.7 Å². The lowest BCUT2D eigenvalue weighted by molar-refractivity contribution is 0.416. The highest BCUT2D eigenvalue weighted by Gasteiger charge is 2.06. The Bertz CT molecular complexity index is 494. The van der Waals surface area contributed by atoms with Crippen molar-refractivity contribution in [2.75, 3.05) is 12.4 Å². The number of anilines is 1. The Labute approximate surface area is 106 Å². The minimum Gasteiger partial charge on any atom is -0.495 e. The molecule has 90 valence electrons. The number of aromatic amines is 1. The van der Waals surface area contributed by atoms with E-state index < -0.39 is 0 Å². The van der Waals surface area contributed by atoms with Gasteiger partial charge >= 0.3 is 0 Å². The number of hydrogen-bond donors (Lipinski definition) is 2. The monoisotopic (exact) mass is 250 g/mol. The fourth-order valence-electron chi connectivity index (χ4n) is 1.64. The number of ether oxygens (including phenoxy) is 1. The average Bonchev–Trinajstić information content (AvgIpc) is 2.83. The van der Waals surface area contributed by atoms with E-state index in [1.807, 2.05) is 37.5 Å². The van der Waals surface area contributed by atoms with Crippen molar-refractivity contribution in [3.63, 3.8) is 0 Å². The summed E-state index contributed by atoms with van der Waals surface area (Å²) in [6.45, 7) is 2.73. The number of nitrogens with one attached hydrogen (secondary N) is 2. The number of halogens is 1. The van der Waals surface area contributed by atoms with E-state index in [9.17, 15) is 0 Å². The fraction of sp³-hybridized carbons (Fsp3) is 0.231. The lowest BCUT2D eigenvalue weighted by Crippen LogP contribution is -2.01. The first-order chi connectivity index (χ1) is 8.20. The van der Waals surface area contributed by atoms with Crippen molar-refractivity contribution in [2.45, 2.75) is 13.5 Å². The van der Waals surface area contributed by atoms with Crippen LogP contribution in [0, 0.1) is 6.92 Å². The SMILES string of the molecule is COc1cc(Cl)c(C)cc1NCc1cc[nH]c1. The van der Waals surface area contributed by atoms with E-state index >= 15 is 0 Å². The van der Waals surface area contributed by atoms with Gasteiger partial charge in [0.1, 0.15) is 5.75 Å². The van der Waals surface area contributed by atoms with E-state index in [4.69, 9.17) is 16.3 Å². The molecule has 0 unspecified atom stereocenters. The van der Waals surface area contributed by atoms with Gasteiger partial charge in [-0.1, -0.05) is 11.6 Å². The normalized spacial score (nSPS) is 10.3. The van der Waals surface area contributed by atoms with Crippen LogP contribution in [0.2, 0.25) is 5.02 Å². The molecular formula is C13H15ClN2O. The van der Waals surface area contributed by atoms with Gasteiger partial charge in [0.2, 0.25) is 0 Å². The molecule has 0 bridgehead atoms. The molecule has 17 heavy (non-hydrogen) atoms. The number of aryl methyl sites for hydroxylation is 1. The number of hydrogen-bond acceptors (Lipinski definition) is 2. The van der Waals surface area contributed by atoms with Gasteiger partial charge in [0.25, 0.3) is 0 Å². The highest BCUT2D eigenvalue weighted by Crippen LogP contribution is 2.31. The standard InChI is InChI=1S/C13H15ClN2O/c1-9-5-12(13(17-2)6-11(9)14)16-8-10-3-4-15-7-10/h3-7,15-16H,8H2,1-2H3. The number of H-pyrrole nitrogens is 1. The van der Waals surface area contributed by atoms with Crippen molar-refractivity contribution in [3.8, 4) is 5.75 Å². The van der Waals surface area contributed by atoms with Gasteiger partial charge in [-0.15, -0.1) is 0 Å². The van der Waals surface area contributed by atoms with Crippen LogP contribution in [0.4, 0.5) is 5.69 Å². The quantitative estimate of drug-likeness (QED) is 0.870. The predicted molar refractivity (Wildman–Crippen MR) is 70.9 cm³/mol. The molecule has 3 nitrogen and oxygen atoms in total. The Morgan fingerprint density at radius 1 is 1.41 bits per heavy atom. The zero-order chi connectivity index (χ0) is 12.3.